The maximum Gasteiger partial charge on any atom is 0.264 e. The molecule has 0 N–H and O–H groups in total. The second kappa shape index (κ2) is 9.10. The minimum atomic E-state index is -3.63. The average Bonchev–Trinajstić information content (AvgIpc) is 3.45. The summed E-state index contributed by atoms with van der Waals surface area (Å²) in [6, 6.07) is 16.4. The molecule has 10 heteroatoms. The summed E-state index contributed by atoms with van der Waals surface area (Å²) in [5, 5.41) is 5.62. The molecule has 2 aromatic carbocycles. The first-order valence-electron chi connectivity index (χ1n) is 11.3. The van der Waals surface area contributed by atoms with E-state index in [1.807, 2.05) is 48.9 Å². The molecule has 3 heterocycles. The van der Waals surface area contributed by atoms with E-state index in [4.69, 9.17) is 4.74 Å². The van der Waals surface area contributed by atoms with Crippen LogP contribution in [0.1, 0.15) is 20.9 Å². The average molecular weight is 511 g/mol. The number of sulfonamides is 1. The number of thiophene rings is 1. The van der Waals surface area contributed by atoms with Gasteiger partial charge in [-0.3, -0.25) is 4.79 Å². The first-order valence-corrected chi connectivity index (χ1v) is 13.5. The van der Waals surface area contributed by atoms with Crippen LogP contribution in [0, 0.1) is 13.8 Å². The predicted molar refractivity (Wildman–Crippen MR) is 136 cm³/mol. The smallest absolute Gasteiger partial charge is 0.264 e. The number of rotatable bonds is 5. The zero-order chi connectivity index (χ0) is 24.7. The van der Waals surface area contributed by atoms with E-state index in [0.717, 1.165) is 21.6 Å². The van der Waals surface area contributed by atoms with Crippen LogP contribution in [-0.2, 0) is 10.0 Å². The van der Waals surface area contributed by atoms with E-state index in [9.17, 15) is 13.2 Å². The van der Waals surface area contributed by atoms with Gasteiger partial charge in [0.2, 0.25) is 10.0 Å². The fourth-order valence-electron chi connectivity index (χ4n) is 4.20. The normalized spacial score (nSPS) is 15.0. The summed E-state index contributed by atoms with van der Waals surface area (Å²) in [7, 11) is -2.09. The summed E-state index contributed by atoms with van der Waals surface area (Å²) in [5.41, 5.74) is 2.99. The molecular formula is C25H26N4O4S2. The van der Waals surface area contributed by atoms with Crippen LogP contribution in [0.5, 0.6) is 5.75 Å². The first-order chi connectivity index (χ1) is 16.8. The van der Waals surface area contributed by atoms with Crippen LogP contribution < -0.4 is 4.74 Å². The quantitative estimate of drug-likeness (QED) is 0.407. The monoisotopic (exact) mass is 510 g/mol. The highest BCUT2D eigenvalue weighted by molar-refractivity contribution is 7.89. The lowest BCUT2D eigenvalue weighted by Gasteiger charge is -2.33. The molecule has 5 rings (SSSR count). The molecule has 0 atom stereocenters. The van der Waals surface area contributed by atoms with E-state index in [2.05, 4.69) is 5.10 Å². The van der Waals surface area contributed by atoms with Crippen molar-refractivity contribution in [3.05, 3.63) is 70.7 Å². The third-order valence-electron chi connectivity index (χ3n) is 6.26. The second-order valence-electron chi connectivity index (χ2n) is 8.53. The number of aromatic nitrogens is 2. The Labute approximate surface area is 208 Å². The van der Waals surface area contributed by atoms with Crippen molar-refractivity contribution in [2.75, 3.05) is 33.3 Å². The highest BCUT2D eigenvalue weighted by atomic mass is 32.2. The van der Waals surface area contributed by atoms with Gasteiger partial charge in [0.1, 0.15) is 10.6 Å². The van der Waals surface area contributed by atoms with Crippen LogP contribution >= 0.6 is 11.3 Å². The van der Waals surface area contributed by atoms with Gasteiger partial charge in [0.05, 0.1) is 28.3 Å². The number of fused-ring (bicyclic) bond motifs is 1. The van der Waals surface area contributed by atoms with Gasteiger partial charge in [-0.2, -0.15) is 9.40 Å². The number of aryl methyl sites for hydroxylation is 2. The second-order valence-corrected chi connectivity index (χ2v) is 11.5. The van der Waals surface area contributed by atoms with Gasteiger partial charge in [-0.1, -0.05) is 17.7 Å². The van der Waals surface area contributed by atoms with Gasteiger partial charge in [-0.05, 0) is 56.3 Å². The Morgan fingerprint density at radius 1 is 0.971 bits per heavy atom. The number of piperazine rings is 1. The van der Waals surface area contributed by atoms with Gasteiger partial charge in [0, 0.05) is 31.6 Å². The predicted octanol–water partition coefficient (Wildman–Crippen LogP) is 3.86. The number of ether oxygens (including phenoxy) is 1. The first kappa shape index (κ1) is 23.5. The maximum absolute atomic E-state index is 13.3. The van der Waals surface area contributed by atoms with Crippen molar-refractivity contribution in [3.63, 3.8) is 0 Å². The fraction of sp³-hybridized carbons (Fsp3) is 0.280. The molecule has 1 aliphatic heterocycles. The van der Waals surface area contributed by atoms with Crippen LogP contribution in [0.3, 0.4) is 0 Å². The Morgan fingerprint density at radius 3 is 2.26 bits per heavy atom. The van der Waals surface area contributed by atoms with Crippen LogP contribution in [0.4, 0.5) is 0 Å². The number of hydrogen-bond donors (Lipinski definition) is 0. The van der Waals surface area contributed by atoms with Gasteiger partial charge < -0.3 is 9.64 Å². The van der Waals surface area contributed by atoms with E-state index < -0.39 is 10.0 Å². The number of carbonyl (C=O) groups excluding carboxylic acids is 1. The fourth-order valence-corrected chi connectivity index (χ4v) is 6.77. The molecule has 1 aliphatic rings. The lowest BCUT2D eigenvalue weighted by molar-refractivity contribution is 0.0703. The molecule has 2 aromatic heterocycles. The topological polar surface area (TPSA) is 84.7 Å². The van der Waals surface area contributed by atoms with Gasteiger partial charge in [-0.25, -0.2) is 13.1 Å². The minimum absolute atomic E-state index is 0.0810. The third kappa shape index (κ3) is 4.33. The molecule has 1 saturated heterocycles. The number of carbonyl (C=O) groups is 1. The lowest BCUT2D eigenvalue weighted by atomic mass is 10.2. The molecule has 0 saturated carbocycles. The summed E-state index contributed by atoms with van der Waals surface area (Å²) in [6.45, 7) is 5.16. The van der Waals surface area contributed by atoms with Gasteiger partial charge in [-0.15, -0.1) is 11.3 Å². The largest absolute Gasteiger partial charge is 0.497 e. The van der Waals surface area contributed by atoms with E-state index >= 15 is 0 Å². The molecule has 0 unspecified atom stereocenters. The van der Waals surface area contributed by atoms with Gasteiger partial charge in [0.15, 0.2) is 0 Å². The standard InChI is InChI=1S/C25H26N4O4S2/c1-17-4-6-19(7-5-17)29-25-22(18(2)26-29)16-23(34-25)24(30)27-12-14-28(15-13-27)35(31,32)21-10-8-20(33-3)9-11-21/h4-11,16H,12-15H2,1-3H3. The van der Waals surface area contributed by atoms with E-state index in [1.165, 1.54) is 28.3 Å². The van der Waals surface area contributed by atoms with Crippen molar-refractivity contribution in [2.24, 2.45) is 0 Å². The number of hydrogen-bond acceptors (Lipinski definition) is 6. The number of benzene rings is 2. The molecular weight excluding hydrogens is 484 g/mol. The molecule has 4 aromatic rings. The van der Waals surface area contributed by atoms with E-state index in [1.54, 1.807) is 29.2 Å². The van der Waals surface area contributed by atoms with Crippen molar-refractivity contribution in [2.45, 2.75) is 18.7 Å². The maximum atomic E-state index is 13.3. The van der Waals surface area contributed by atoms with Crippen LogP contribution in [0.15, 0.2) is 59.5 Å². The molecule has 35 heavy (non-hydrogen) atoms. The number of methoxy groups -OCH3 is 1. The summed E-state index contributed by atoms with van der Waals surface area (Å²) >= 11 is 1.42. The van der Waals surface area contributed by atoms with E-state index in [-0.39, 0.29) is 23.9 Å². The SMILES string of the molecule is COc1ccc(S(=O)(=O)N2CCN(C(=O)c3cc4c(C)nn(-c5ccc(C)cc5)c4s3)CC2)cc1. The number of amides is 1. The Balaban J connectivity index is 1.32. The summed E-state index contributed by atoms with van der Waals surface area (Å²) in [4.78, 5) is 16.8. The molecule has 182 valence electrons. The van der Waals surface area contributed by atoms with Gasteiger partial charge >= 0.3 is 0 Å². The molecule has 0 bridgehead atoms. The third-order valence-corrected chi connectivity index (χ3v) is 9.27. The zero-order valence-corrected chi connectivity index (χ0v) is 21.4. The van der Waals surface area contributed by atoms with Crippen molar-refractivity contribution in [1.29, 1.82) is 0 Å². The van der Waals surface area contributed by atoms with Crippen LogP contribution in [0.2, 0.25) is 0 Å². The van der Waals surface area contributed by atoms with Crippen LogP contribution in [-0.4, -0.2) is 66.6 Å². The highest BCUT2D eigenvalue weighted by Gasteiger charge is 2.31. The Bertz CT molecular complexity index is 1480. The Hall–Kier alpha value is -3.21. The molecule has 1 amide bonds. The number of nitrogens with zero attached hydrogens (tertiary/aromatic N) is 4. The van der Waals surface area contributed by atoms with Crippen LogP contribution in [0.25, 0.3) is 15.9 Å². The van der Waals surface area contributed by atoms with E-state index in [0.29, 0.717) is 23.7 Å². The molecule has 0 aliphatic carbocycles. The van der Waals surface area contributed by atoms with Gasteiger partial charge in [0.25, 0.3) is 5.91 Å². The minimum Gasteiger partial charge on any atom is -0.497 e. The highest BCUT2D eigenvalue weighted by Crippen LogP contribution is 2.31. The Morgan fingerprint density at radius 2 is 1.63 bits per heavy atom. The lowest BCUT2D eigenvalue weighted by Crippen LogP contribution is -2.50. The summed E-state index contributed by atoms with van der Waals surface area (Å²) < 4.78 is 34.5. The molecule has 0 radical (unpaired) electrons. The van der Waals surface area contributed by atoms with Crippen molar-refractivity contribution in [3.8, 4) is 11.4 Å². The summed E-state index contributed by atoms with van der Waals surface area (Å²) in [5.74, 6) is 0.519. The summed E-state index contributed by atoms with van der Waals surface area (Å²) in [6.07, 6.45) is 0. The van der Waals surface area contributed by atoms with Crippen molar-refractivity contribution >= 4 is 37.5 Å². The van der Waals surface area contributed by atoms with Crippen molar-refractivity contribution < 1.29 is 17.9 Å². The molecule has 0 spiro atoms. The zero-order valence-electron chi connectivity index (χ0n) is 19.8. The molecule has 8 nitrogen and oxygen atoms in total. The Kier molecular flexibility index (Phi) is 6.12. The molecule has 1 fully saturated rings. The van der Waals surface area contributed by atoms with Crippen molar-refractivity contribution in [1.82, 2.24) is 19.0 Å².